The fourth-order valence-corrected chi connectivity index (χ4v) is 7.38. The largest absolute Gasteiger partial charge is 0.459 e. The molecule has 5 aromatic rings. The van der Waals surface area contributed by atoms with Crippen molar-refractivity contribution in [1.82, 2.24) is 0 Å². The Labute approximate surface area is 362 Å². The van der Waals surface area contributed by atoms with Crippen LogP contribution in [-0.4, -0.2) is 97.4 Å². The average Bonchev–Trinajstić information content (AvgIpc) is 3.32. The van der Waals surface area contributed by atoms with Gasteiger partial charge in [-0.3, -0.25) is 0 Å². The zero-order chi connectivity index (χ0) is 42.9. The highest BCUT2D eigenvalue weighted by Gasteiger charge is 2.53. The summed E-state index contributed by atoms with van der Waals surface area (Å²) in [6, 6.07) is 46.9. The third-order valence-corrected chi connectivity index (χ3v) is 10.6. The molecular formula is C50H54O12. The summed E-state index contributed by atoms with van der Waals surface area (Å²) < 4.78 is 57.8. The van der Waals surface area contributed by atoms with Crippen LogP contribution in [0.1, 0.15) is 32.6 Å². The lowest BCUT2D eigenvalue weighted by Gasteiger charge is -2.49. The first-order valence-corrected chi connectivity index (χ1v) is 20.8. The molecule has 2 saturated heterocycles. The zero-order valence-corrected chi connectivity index (χ0v) is 34.4. The van der Waals surface area contributed by atoms with Crippen LogP contribution < -0.4 is 0 Å². The summed E-state index contributed by atoms with van der Waals surface area (Å²) in [6.45, 7) is 4.20. The van der Waals surface area contributed by atoms with E-state index in [0.29, 0.717) is 5.56 Å². The van der Waals surface area contributed by atoms with Gasteiger partial charge in [-0.05, 0) is 34.4 Å². The summed E-state index contributed by atoms with van der Waals surface area (Å²) >= 11 is 0. The Morgan fingerprint density at radius 3 is 1.55 bits per heavy atom. The molecule has 0 spiro atoms. The minimum atomic E-state index is -1.45. The van der Waals surface area contributed by atoms with Crippen molar-refractivity contribution in [3.05, 3.63) is 192 Å². The number of benzene rings is 5. The fourth-order valence-electron chi connectivity index (χ4n) is 7.38. The first-order chi connectivity index (χ1) is 30.5. The van der Waals surface area contributed by atoms with Gasteiger partial charge in [-0.15, -0.1) is 6.58 Å². The lowest BCUT2D eigenvalue weighted by Crippen LogP contribution is -2.66. The van der Waals surface area contributed by atoms with Gasteiger partial charge in [0.15, 0.2) is 12.6 Å². The number of aliphatic hydroxyl groups excluding tert-OH is 2. The number of rotatable bonds is 21. The molecule has 0 radical (unpaired) electrons. The van der Waals surface area contributed by atoms with Crippen molar-refractivity contribution in [3.63, 3.8) is 0 Å². The van der Waals surface area contributed by atoms with Crippen LogP contribution in [0.25, 0.3) is 0 Å². The normalized spacial score (nSPS) is 26.1. The minimum Gasteiger partial charge on any atom is -0.459 e. The van der Waals surface area contributed by atoms with Gasteiger partial charge in [0.05, 0.1) is 45.2 Å². The van der Waals surface area contributed by atoms with Crippen LogP contribution in [0, 0.1) is 0 Å². The summed E-state index contributed by atoms with van der Waals surface area (Å²) in [6.07, 6.45) is -9.70. The highest BCUT2D eigenvalue weighted by molar-refractivity contribution is 5.89. The molecule has 2 aliphatic rings. The van der Waals surface area contributed by atoms with Gasteiger partial charge in [-0.2, -0.15) is 0 Å². The van der Waals surface area contributed by atoms with Crippen molar-refractivity contribution >= 4 is 5.97 Å². The van der Waals surface area contributed by atoms with E-state index in [0.717, 1.165) is 22.3 Å². The van der Waals surface area contributed by atoms with Crippen LogP contribution in [0.15, 0.2) is 164 Å². The molecule has 0 saturated carbocycles. The lowest BCUT2D eigenvalue weighted by atomic mass is 9.96. The minimum absolute atomic E-state index is 0.0210. The molecule has 0 unspecified atom stereocenters. The Morgan fingerprint density at radius 1 is 0.532 bits per heavy atom. The standard InChI is InChI=1S/C50H54O12/c1-2-28-55-47-44(56-30-36-20-10-4-11-21-36)42(51)40(34-59-48(52)39-26-16-7-17-27-39)61-50(47)62-43-41(33-54-29-35-18-8-3-9-19-35)60-49(53)46(58-32-38-24-14-6-15-25-38)45(43)57-31-37-22-12-5-13-23-37/h2-27,40-47,49-51,53H,1,28-34H2/t40-,41-,42+,43-,44+,45+,46-,47-,49+,50+/m1/s1. The van der Waals surface area contributed by atoms with Crippen molar-refractivity contribution in [2.75, 3.05) is 19.8 Å². The number of hydrogen-bond acceptors (Lipinski definition) is 12. The topological polar surface area (TPSA) is 141 Å². The van der Waals surface area contributed by atoms with E-state index >= 15 is 0 Å². The monoisotopic (exact) mass is 846 g/mol. The molecule has 7 rings (SSSR count). The second-order valence-electron chi connectivity index (χ2n) is 15.0. The Balaban J connectivity index is 1.22. The Bertz CT molecular complexity index is 2040. The van der Waals surface area contributed by atoms with Gasteiger partial charge < -0.3 is 52.8 Å². The molecule has 326 valence electrons. The molecule has 0 amide bonds. The molecule has 0 aromatic heterocycles. The molecule has 0 aliphatic carbocycles. The van der Waals surface area contributed by atoms with Crippen LogP contribution in [-0.2, 0) is 69.1 Å². The van der Waals surface area contributed by atoms with E-state index in [4.69, 9.17) is 42.6 Å². The maximum absolute atomic E-state index is 13.2. The second-order valence-corrected chi connectivity index (χ2v) is 15.0. The second kappa shape index (κ2) is 23.4. The smallest absolute Gasteiger partial charge is 0.338 e. The quantitative estimate of drug-likeness (QED) is 0.0610. The Morgan fingerprint density at radius 2 is 1.02 bits per heavy atom. The van der Waals surface area contributed by atoms with Crippen LogP contribution >= 0.6 is 0 Å². The van der Waals surface area contributed by atoms with E-state index in [1.165, 1.54) is 0 Å². The molecule has 10 atom stereocenters. The first-order valence-electron chi connectivity index (χ1n) is 20.8. The molecule has 62 heavy (non-hydrogen) atoms. The summed E-state index contributed by atoms with van der Waals surface area (Å²) in [4.78, 5) is 13.2. The Kier molecular flexibility index (Phi) is 17.0. The van der Waals surface area contributed by atoms with Crippen molar-refractivity contribution in [2.45, 2.75) is 87.8 Å². The van der Waals surface area contributed by atoms with Crippen LogP contribution in [0.4, 0.5) is 0 Å². The SMILES string of the molecule is C=CCO[C@H]1[C@H](O[C@H]2[C@H](OCc3ccccc3)[C@@H](OCc3ccccc3)[C@@H](O)O[C@@H]2COCc2ccccc2)O[C@H](COC(=O)c2ccccc2)[C@H](O)[C@@H]1OCc1ccccc1. The van der Waals surface area contributed by atoms with Crippen molar-refractivity contribution in [2.24, 2.45) is 0 Å². The van der Waals surface area contributed by atoms with Crippen molar-refractivity contribution < 1.29 is 57.6 Å². The van der Waals surface area contributed by atoms with E-state index in [1.807, 2.05) is 121 Å². The van der Waals surface area contributed by atoms with E-state index in [1.54, 1.807) is 36.4 Å². The fraction of sp³-hybridized carbons (Fsp3) is 0.340. The van der Waals surface area contributed by atoms with Crippen molar-refractivity contribution in [1.29, 1.82) is 0 Å². The van der Waals surface area contributed by atoms with Gasteiger partial charge in [0, 0.05) is 0 Å². The van der Waals surface area contributed by atoms with Crippen LogP contribution in [0.2, 0.25) is 0 Å². The van der Waals surface area contributed by atoms with Gasteiger partial charge >= 0.3 is 5.97 Å². The molecular weight excluding hydrogens is 793 g/mol. The number of carbonyl (C=O) groups is 1. The molecule has 2 heterocycles. The van der Waals surface area contributed by atoms with Gasteiger partial charge in [0.2, 0.25) is 0 Å². The van der Waals surface area contributed by atoms with Crippen molar-refractivity contribution in [3.8, 4) is 0 Å². The predicted molar refractivity (Wildman–Crippen MR) is 228 cm³/mol. The third-order valence-electron chi connectivity index (χ3n) is 10.6. The zero-order valence-electron chi connectivity index (χ0n) is 34.4. The Hall–Kier alpha value is -5.09. The summed E-state index contributed by atoms with van der Waals surface area (Å²) in [5.41, 5.74) is 3.89. The maximum Gasteiger partial charge on any atom is 0.338 e. The average molecular weight is 847 g/mol. The number of ether oxygens (including phenoxy) is 9. The van der Waals surface area contributed by atoms with E-state index in [9.17, 15) is 15.0 Å². The number of hydrogen-bond donors (Lipinski definition) is 2. The maximum atomic E-state index is 13.2. The molecule has 12 nitrogen and oxygen atoms in total. The molecule has 2 fully saturated rings. The molecule has 2 N–H and O–H groups in total. The number of esters is 1. The highest BCUT2D eigenvalue weighted by atomic mass is 16.7. The molecule has 5 aromatic carbocycles. The van der Waals surface area contributed by atoms with E-state index < -0.39 is 67.4 Å². The van der Waals surface area contributed by atoms with Gasteiger partial charge in [-0.1, -0.05) is 146 Å². The lowest BCUT2D eigenvalue weighted by molar-refractivity contribution is -0.369. The van der Waals surface area contributed by atoms with Crippen LogP contribution in [0.3, 0.4) is 0 Å². The highest BCUT2D eigenvalue weighted by Crippen LogP contribution is 2.35. The number of aliphatic hydroxyl groups is 2. The number of carbonyl (C=O) groups excluding carboxylic acids is 1. The van der Waals surface area contributed by atoms with Crippen LogP contribution in [0.5, 0.6) is 0 Å². The molecule has 2 aliphatic heterocycles. The predicted octanol–water partition coefficient (Wildman–Crippen LogP) is 6.58. The third kappa shape index (κ3) is 12.5. The van der Waals surface area contributed by atoms with Gasteiger partial charge in [0.1, 0.15) is 55.4 Å². The van der Waals surface area contributed by atoms with Gasteiger partial charge in [-0.25, -0.2) is 4.79 Å². The summed E-state index contributed by atoms with van der Waals surface area (Å²) in [5, 5.41) is 23.7. The molecule has 12 heteroatoms. The molecule has 0 bridgehead atoms. The first kappa shape index (κ1) is 44.9. The van der Waals surface area contributed by atoms with E-state index in [-0.39, 0.29) is 46.2 Å². The van der Waals surface area contributed by atoms with E-state index in [2.05, 4.69) is 6.58 Å². The van der Waals surface area contributed by atoms with Gasteiger partial charge in [0.25, 0.3) is 0 Å². The summed E-state index contributed by atoms with van der Waals surface area (Å²) in [7, 11) is 0. The summed E-state index contributed by atoms with van der Waals surface area (Å²) in [5.74, 6) is -0.594.